The van der Waals surface area contributed by atoms with E-state index in [-0.39, 0.29) is 0 Å². The quantitative estimate of drug-likeness (QED) is 0.403. The van der Waals surface area contributed by atoms with Gasteiger partial charge in [-0.25, -0.2) is 4.79 Å². The summed E-state index contributed by atoms with van der Waals surface area (Å²) in [7, 11) is 0. The molecule has 0 saturated carbocycles. The number of carbonyl (C=O) groups is 1. The van der Waals surface area contributed by atoms with E-state index in [1.807, 2.05) is 13.8 Å². The van der Waals surface area contributed by atoms with Crippen LogP contribution in [0.5, 0.6) is 0 Å². The number of esters is 1. The predicted molar refractivity (Wildman–Crippen MR) is 81.9 cm³/mol. The summed E-state index contributed by atoms with van der Waals surface area (Å²) in [5.74, 6) is -0.347. The fourth-order valence-electron chi connectivity index (χ4n) is 1.91. The van der Waals surface area contributed by atoms with Gasteiger partial charge in [0.25, 0.3) is 0 Å². The Balaban J connectivity index is 2.54. The topological polar surface area (TPSA) is 127 Å². The molecule has 1 aromatic rings. The molecule has 0 unspecified atom stereocenters. The summed E-state index contributed by atoms with van der Waals surface area (Å²) in [6, 6.07) is 6.80. The van der Waals surface area contributed by atoms with E-state index in [4.69, 9.17) is 9.84 Å². The van der Waals surface area contributed by atoms with E-state index >= 15 is 0 Å². The van der Waals surface area contributed by atoms with Gasteiger partial charge in [-0.05, 0) is 23.6 Å². The molecule has 0 fully saturated rings. The number of hydrogen-bond donors (Lipinski definition) is 5. The van der Waals surface area contributed by atoms with Crippen molar-refractivity contribution < 1.29 is 35.1 Å². The van der Waals surface area contributed by atoms with Crippen molar-refractivity contribution in [2.24, 2.45) is 0 Å². The zero-order chi connectivity index (χ0) is 17.6. The summed E-state index contributed by atoms with van der Waals surface area (Å²) in [4.78, 5) is 11.8. The van der Waals surface area contributed by atoms with Gasteiger partial charge < -0.3 is 30.3 Å². The Labute approximate surface area is 134 Å². The molecule has 0 bridgehead atoms. The fraction of sp³-hybridized carbons (Fsp3) is 0.562. The minimum atomic E-state index is -1.76. The monoisotopic (exact) mass is 328 g/mol. The summed E-state index contributed by atoms with van der Waals surface area (Å²) in [6.07, 6.45) is -6.70. The van der Waals surface area contributed by atoms with E-state index in [1.54, 1.807) is 24.3 Å². The average molecular weight is 328 g/mol. The first-order valence-electron chi connectivity index (χ1n) is 7.38. The molecule has 0 radical (unpaired) electrons. The van der Waals surface area contributed by atoms with Crippen LogP contribution >= 0.6 is 0 Å². The molecule has 7 nitrogen and oxygen atoms in total. The van der Waals surface area contributed by atoms with Gasteiger partial charge in [0.05, 0.1) is 12.2 Å². The van der Waals surface area contributed by atoms with Crippen LogP contribution < -0.4 is 0 Å². The highest BCUT2D eigenvalue weighted by atomic mass is 16.5. The van der Waals surface area contributed by atoms with Gasteiger partial charge in [0.2, 0.25) is 0 Å². The minimum absolute atomic E-state index is 0.298. The van der Waals surface area contributed by atoms with Gasteiger partial charge in [0.1, 0.15) is 31.0 Å². The Morgan fingerprint density at radius 3 is 2.00 bits per heavy atom. The first kappa shape index (κ1) is 19.5. The van der Waals surface area contributed by atoms with Crippen molar-refractivity contribution in [2.45, 2.75) is 44.2 Å². The Hall–Kier alpha value is -1.51. The van der Waals surface area contributed by atoms with Gasteiger partial charge in [0, 0.05) is 0 Å². The van der Waals surface area contributed by atoms with Crippen molar-refractivity contribution in [1.82, 2.24) is 0 Å². The van der Waals surface area contributed by atoms with Gasteiger partial charge >= 0.3 is 5.97 Å². The van der Waals surface area contributed by atoms with Crippen molar-refractivity contribution >= 4 is 5.97 Å². The Morgan fingerprint density at radius 1 is 1.00 bits per heavy atom. The third kappa shape index (κ3) is 5.56. The highest BCUT2D eigenvalue weighted by Gasteiger charge is 2.30. The molecular formula is C16H24O7. The lowest BCUT2D eigenvalue weighted by Gasteiger charge is -2.25. The van der Waals surface area contributed by atoms with Crippen LogP contribution in [0.3, 0.4) is 0 Å². The lowest BCUT2D eigenvalue weighted by atomic mass is 10.0. The third-order valence-corrected chi connectivity index (χ3v) is 3.52. The van der Waals surface area contributed by atoms with E-state index in [9.17, 15) is 25.2 Å². The summed E-state index contributed by atoms with van der Waals surface area (Å²) < 4.78 is 4.87. The SMILES string of the molecule is CC(C)c1ccc(C(=O)OC[C@@H](O)[C@@H](O)[C@H](O)[C@@H](O)CO)cc1. The molecular weight excluding hydrogens is 304 g/mol. The molecule has 0 aliphatic rings. The first-order chi connectivity index (χ1) is 10.8. The van der Waals surface area contributed by atoms with Crippen LogP contribution in [0.25, 0.3) is 0 Å². The zero-order valence-electron chi connectivity index (χ0n) is 13.2. The van der Waals surface area contributed by atoms with E-state index in [0.717, 1.165) is 5.56 Å². The number of hydrogen-bond acceptors (Lipinski definition) is 7. The average Bonchev–Trinajstić information content (AvgIpc) is 2.57. The molecule has 1 aromatic carbocycles. The fourth-order valence-corrected chi connectivity index (χ4v) is 1.91. The standard InChI is InChI=1S/C16H24O7/c1-9(2)10-3-5-11(6-4-10)16(22)23-8-13(19)15(21)14(20)12(18)7-17/h3-6,9,12-15,17-21H,7-8H2,1-2H3/t12-,13+,14+,15+/m0/s1. The highest BCUT2D eigenvalue weighted by molar-refractivity contribution is 5.89. The van der Waals surface area contributed by atoms with Crippen LogP contribution in [0.2, 0.25) is 0 Å². The van der Waals surface area contributed by atoms with Gasteiger partial charge in [-0.3, -0.25) is 0 Å². The number of carbonyl (C=O) groups excluding carboxylic acids is 1. The predicted octanol–water partition coefficient (Wildman–Crippen LogP) is -0.597. The number of aliphatic hydroxyl groups excluding tert-OH is 5. The van der Waals surface area contributed by atoms with Crippen LogP contribution in [-0.4, -0.2) is 69.1 Å². The van der Waals surface area contributed by atoms with Gasteiger partial charge in [-0.2, -0.15) is 0 Å². The summed E-state index contributed by atoms with van der Waals surface area (Å²) in [5, 5.41) is 46.6. The smallest absolute Gasteiger partial charge is 0.338 e. The molecule has 4 atom stereocenters. The van der Waals surface area contributed by atoms with Crippen LogP contribution in [0.15, 0.2) is 24.3 Å². The molecule has 0 amide bonds. The largest absolute Gasteiger partial charge is 0.459 e. The minimum Gasteiger partial charge on any atom is -0.459 e. The van der Waals surface area contributed by atoms with Crippen molar-refractivity contribution in [2.75, 3.05) is 13.2 Å². The molecule has 1 rings (SSSR count). The third-order valence-electron chi connectivity index (χ3n) is 3.52. The number of aliphatic hydroxyl groups is 5. The molecule has 7 heteroatoms. The summed E-state index contributed by atoms with van der Waals surface area (Å²) in [5.41, 5.74) is 1.37. The van der Waals surface area contributed by atoms with E-state index in [2.05, 4.69) is 0 Å². The van der Waals surface area contributed by atoms with Crippen LogP contribution in [0, 0.1) is 0 Å². The molecule has 5 N–H and O–H groups in total. The van der Waals surface area contributed by atoms with Crippen molar-refractivity contribution in [3.05, 3.63) is 35.4 Å². The Morgan fingerprint density at radius 2 is 1.52 bits per heavy atom. The van der Waals surface area contributed by atoms with Gasteiger partial charge in [-0.15, -0.1) is 0 Å². The molecule has 0 aliphatic carbocycles. The van der Waals surface area contributed by atoms with Gasteiger partial charge in [0.15, 0.2) is 0 Å². The lowest BCUT2D eigenvalue weighted by Crippen LogP contribution is -2.47. The lowest BCUT2D eigenvalue weighted by molar-refractivity contribution is -0.124. The Kier molecular flexibility index (Phi) is 7.60. The number of benzene rings is 1. The maximum Gasteiger partial charge on any atom is 0.338 e. The van der Waals surface area contributed by atoms with Crippen LogP contribution in [0.4, 0.5) is 0 Å². The summed E-state index contributed by atoms with van der Waals surface area (Å²) >= 11 is 0. The van der Waals surface area contributed by atoms with Crippen LogP contribution in [0.1, 0.15) is 35.7 Å². The first-order valence-corrected chi connectivity index (χ1v) is 7.38. The van der Waals surface area contributed by atoms with E-state index in [1.165, 1.54) is 0 Å². The number of rotatable bonds is 8. The number of ether oxygens (including phenoxy) is 1. The van der Waals surface area contributed by atoms with Crippen molar-refractivity contribution in [1.29, 1.82) is 0 Å². The maximum absolute atomic E-state index is 11.8. The normalized spacial score (nSPS) is 16.7. The Bertz CT molecular complexity index is 486. The van der Waals surface area contributed by atoms with E-state index < -0.39 is 43.6 Å². The molecule has 0 aliphatic heterocycles. The van der Waals surface area contributed by atoms with E-state index in [0.29, 0.717) is 11.5 Å². The molecule has 0 saturated heterocycles. The molecule has 0 aromatic heterocycles. The molecule has 130 valence electrons. The second kappa shape index (κ2) is 8.95. The highest BCUT2D eigenvalue weighted by Crippen LogP contribution is 2.15. The molecule has 23 heavy (non-hydrogen) atoms. The maximum atomic E-state index is 11.8. The molecule has 0 spiro atoms. The van der Waals surface area contributed by atoms with Crippen molar-refractivity contribution in [3.63, 3.8) is 0 Å². The second-order valence-electron chi connectivity index (χ2n) is 5.67. The van der Waals surface area contributed by atoms with Gasteiger partial charge in [-0.1, -0.05) is 26.0 Å². The van der Waals surface area contributed by atoms with Crippen LogP contribution in [-0.2, 0) is 4.74 Å². The van der Waals surface area contributed by atoms with Crippen molar-refractivity contribution in [3.8, 4) is 0 Å². The molecule has 0 heterocycles. The zero-order valence-corrected chi connectivity index (χ0v) is 13.2. The summed E-state index contributed by atoms with van der Waals surface area (Å²) in [6.45, 7) is 2.72. The second-order valence-corrected chi connectivity index (χ2v) is 5.67.